The Bertz CT molecular complexity index is 996. The normalized spacial score (nSPS) is 12.1. The zero-order valence-corrected chi connectivity index (χ0v) is 21.2. The molecule has 0 aliphatic carbocycles. The summed E-state index contributed by atoms with van der Waals surface area (Å²) in [5, 5.41) is 0. The minimum atomic E-state index is 0.460. The van der Waals surface area contributed by atoms with Crippen LogP contribution in [0.15, 0.2) is 48.8 Å². The van der Waals surface area contributed by atoms with Gasteiger partial charge in [-0.3, -0.25) is 0 Å². The maximum atomic E-state index is 3.60. The van der Waals surface area contributed by atoms with Crippen LogP contribution in [0, 0.1) is 3.89 Å². The van der Waals surface area contributed by atoms with Crippen LogP contribution in [0.4, 0.5) is 0 Å². The van der Waals surface area contributed by atoms with Crippen molar-refractivity contribution < 1.29 is 18.7 Å². The van der Waals surface area contributed by atoms with Crippen LogP contribution in [0.25, 0.3) is 11.4 Å². The molecule has 0 aliphatic heterocycles. The molecule has 0 saturated heterocycles. The molecule has 0 unspecified atom stereocenters. The second-order valence-electron chi connectivity index (χ2n) is 9.46. The van der Waals surface area contributed by atoms with E-state index in [1.807, 2.05) is 0 Å². The van der Waals surface area contributed by atoms with E-state index in [2.05, 4.69) is 132 Å². The molecule has 0 radical (unpaired) electrons. The second kappa shape index (κ2) is 9.21. The summed E-state index contributed by atoms with van der Waals surface area (Å²) in [7, 11) is 0. The molecule has 0 saturated carbocycles. The molecule has 0 atom stereocenters. The third-order valence-corrected chi connectivity index (χ3v) is 6.63. The second-order valence-corrected chi connectivity index (χ2v) is 10.2. The monoisotopic (exact) mass is 494 g/mol. The van der Waals surface area contributed by atoms with Gasteiger partial charge in [-0.15, -0.1) is 0 Å². The first-order valence-electron chi connectivity index (χ1n) is 11.2. The van der Waals surface area contributed by atoms with Crippen LogP contribution in [0.1, 0.15) is 101 Å². The SMILES string of the molecule is CC(C)c1cccc(-n2ccn(-c3cccc(C(C)C)c3C(C)C)[c]2=[Pd])c1C(C)C. The molecule has 0 aliphatic rings. The molecular formula is C27H36N2Pd. The molecular weight excluding hydrogens is 459 g/mol. The van der Waals surface area contributed by atoms with E-state index in [0.717, 1.165) is 3.89 Å². The van der Waals surface area contributed by atoms with Crippen LogP contribution in [-0.2, 0) is 18.7 Å². The van der Waals surface area contributed by atoms with Crippen molar-refractivity contribution in [1.82, 2.24) is 9.13 Å². The van der Waals surface area contributed by atoms with Gasteiger partial charge in [0.15, 0.2) is 0 Å². The molecule has 164 valence electrons. The quantitative estimate of drug-likeness (QED) is 0.309. The summed E-state index contributed by atoms with van der Waals surface area (Å²) in [6.45, 7) is 18.3. The Hall–Kier alpha value is -1.69. The number of benzene rings is 2. The molecule has 2 nitrogen and oxygen atoms in total. The van der Waals surface area contributed by atoms with Gasteiger partial charge >= 0.3 is 193 Å². The first-order chi connectivity index (χ1) is 14.1. The fourth-order valence-electron chi connectivity index (χ4n) is 4.53. The molecule has 0 amide bonds. The van der Waals surface area contributed by atoms with E-state index in [1.165, 1.54) is 33.6 Å². The third-order valence-electron chi connectivity index (χ3n) is 5.88. The van der Waals surface area contributed by atoms with Crippen molar-refractivity contribution >= 4 is 0 Å². The Balaban J connectivity index is 2.25. The van der Waals surface area contributed by atoms with Gasteiger partial charge in [0.25, 0.3) is 0 Å². The summed E-state index contributed by atoms with van der Waals surface area (Å²) in [5.74, 6) is 1.92. The summed E-state index contributed by atoms with van der Waals surface area (Å²) >= 11 is 3.60. The zero-order chi connectivity index (χ0) is 22.2. The van der Waals surface area contributed by atoms with Crippen LogP contribution >= 0.6 is 0 Å². The van der Waals surface area contributed by atoms with Gasteiger partial charge in [-0.2, -0.15) is 0 Å². The Kier molecular flexibility index (Phi) is 7.06. The van der Waals surface area contributed by atoms with Crippen molar-refractivity contribution in [1.29, 1.82) is 0 Å². The molecule has 0 bridgehead atoms. The molecule has 1 heterocycles. The number of hydrogen-bond donors (Lipinski definition) is 0. The molecule has 2 aromatic carbocycles. The number of nitrogens with zero attached hydrogens (tertiary/aromatic N) is 2. The summed E-state index contributed by atoms with van der Waals surface area (Å²) in [4.78, 5) is 0. The van der Waals surface area contributed by atoms with Gasteiger partial charge in [-0.1, -0.05) is 0 Å². The molecule has 1 aromatic heterocycles. The average Bonchev–Trinajstić information content (AvgIpc) is 3.07. The topological polar surface area (TPSA) is 9.86 Å². The number of imidazole rings is 1. The Morgan fingerprint density at radius 3 is 1.23 bits per heavy atom. The van der Waals surface area contributed by atoms with Crippen molar-refractivity contribution in [2.24, 2.45) is 0 Å². The summed E-state index contributed by atoms with van der Waals surface area (Å²) in [6.07, 6.45) is 4.38. The van der Waals surface area contributed by atoms with E-state index in [-0.39, 0.29) is 0 Å². The number of rotatable bonds is 6. The van der Waals surface area contributed by atoms with E-state index in [9.17, 15) is 0 Å². The maximum absolute atomic E-state index is 3.60. The van der Waals surface area contributed by atoms with E-state index in [1.54, 1.807) is 0 Å². The molecule has 3 aromatic rings. The predicted molar refractivity (Wildman–Crippen MR) is 125 cm³/mol. The van der Waals surface area contributed by atoms with Crippen molar-refractivity contribution in [2.75, 3.05) is 0 Å². The standard InChI is InChI=1S/C27H36N2.Pd/c1-18(2)22-11-9-13-24(26(22)20(5)6)28-15-16-29(17-28)25-14-10-12-23(19(3)4)27(25)21(7)8;/h9-16,18-21H,1-8H3;. The van der Waals surface area contributed by atoms with Crippen molar-refractivity contribution in [3.8, 4) is 11.4 Å². The van der Waals surface area contributed by atoms with Gasteiger partial charge in [0.1, 0.15) is 0 Å². The molecule has 0 fully saturated rings. The summed E-state index contributed by atoms with van der Waals surface area (Å²) < 4.78 is 5.69. The van der Waals surface area contributed by atoms with Crippen LogP contribution < -0.4 is 0 Å². The Morgan fingerprint density at radius 1 is 0.567 bits per heavy atom. The predicted octanol–water partition coefficient (Wildman–Crippen LogP) is 7.84. The van der Waals surface area contributed by atoms with E-state index >= 15 is 0 Å². The number of aromatic nitrogens is 2. The molecule has 0 spiro atoms. The van der Waals surface area contributed by atoms with E-state index in [0.29, 0.717) is 23.7 Å². The van der Waals surface area contributed by atoms with Gasteiger partial charge in [0.05, 0.1) is 0 Å². The minimum absolute atomic E-state index is 0.460. The Morgan fingerprint density at radius 2 is 0.933 bits per heavy atom. The van der Waals surface area contributed by atoms with Crippen LogP contribution in [0.5, 0.6) is 0 Å². The van der Waals surface area contributed by atoms with Crippen LogP contribution in [0.2, 0.25) is 0 Å². The van der Waals surface area contributed by atoms with Crippen molar-refractivity contribution in [3.63, 3.8) is 0 Å². The molecule has 30 heavy (non-hydrogen) atoms. The van der Waals surface area contributed by atoms with Gasteiger partial charge in [-0.25, -0.2) is 0 Å². The van der Waals surface area contributed by atoms with Gasteiger partial charge in [0, 0.05) is 0 Å². The molecule has 0 N–H and O–H groups in total. The first kappa shape index (κ1) is 23.0. The van der Waals surface area contributed by atoms with E-state index < -0.39 is 0 Å². The molecule has 3 heteroatoms. The van der Waals surface area contributed by atoms with Crippen LogP contribution in [0.3, 0.4) is 0 Å². The number of hydrogen-bond acceptors (Lipinski definition) is 0. The molecule has 3 rings (SSSR count). The first-order valence-corrected chi connectivity index (χ1v) is 11.9. The zero-order valence-electron chi connectivity index (χ0n) is 19.6. The average molecular weight is 495 g/mol. The van der Waals surface area contributed by atoms with Crippen molar-refractivity contribution in [3.05, 3.63) is 74.9 Å². The summed E-state index contributed by atoms with van der Waals surface area (Å²) in [6, 6.07) is 13.4. The van der Waals surface area contributed by atoms with Crippen molar-refractivity contribution in [2.45, 2.75) is 79.1 Å². The Labute approximate surface area is 192 Å². The third kappa shape index (κ3) is 4.21. The fraction of sp³-hybridized carbons (Fsp3) is 0.444. The van der Waals surface area contributed by atoms with E-state index in [4.69, 9.17) is 0 Å². The van der Waals surface area contributed by atoms with Crippen LogP contribution in [-0.4, -0.2) is 9.13 Å². The van der Waals surface area contributed by atoms with Gasteiger partial charge in [0.2, 0.25) is 0 Å². The van der Waals surface area contributed by atoms with Gasteiger partial charge < -0.3 is 0 Å². The fourth-order valence-corrected chi connectivity index (χ4v) is 5.14. The van der Waals surface area contributed by atoms with Gasteiger partial charge in [-0.05, 0) is 0 Å². The summed E-state index contributed by atoms with van der Waals surface area (Å²) in [5.41, 5.74) is 8.27.